The van der Waals surface area contributed by atoms with Gasteiger partial charge in [0.15, 0.2) is 5.82 Å². The number of benzene rings is 1. The number of aromatic nitrogens is 2. The number of rotatable bonds is 6. The Balaban J connectivity index is 1.96. The number of hydrogen-bond acceptors (Lipinski definition) is 4. The third-order valence-corrected chi connectivity index (χ3v) is 3.47. The molecule has 1 aromatic carbocycles. The van der Waals surface area contributed by atoms with Gasteiger partial charge in [0.05, 0.1) is 0 Å². The molecule has 19 heavy (non-hydrogen) atoms. The van der Waals surface area contributed by atoms with Gasteiger partial charge in [-0.05, 0) is 32.0 Å². The predicted octanol–water partition coefficient (Wildman–Crippen LogP) is 2.85. The average molecular weight is 280 g/mol. The summed E-state index contributed by atoms with van der Waals surface area (Å²) in [5.41, 5.74) is 1.01. The average Bonchev–Trinajstić information content (AvgIpc) is 2.86. The van der Waals surface area contributed by atoms with E-state index in [4.69, 9.17) is 16.1 Å². The normalized spacial score (nSPS) is 12.6. The molecule has 0 aliphatic rings. The molecule has 1 unspecified atom stereocenters. The van der Waals surface area contributed by atoms with Crippen LogP contribution in [0.3, 0.4) is 0 Å². The van der Waals surface area contributed by atoms with E-state index in [1.54, 1.807) is 0 Å². The molecule has 0 fully saturated rings. The van der Waals surface area contributed by atoms with Gasteiger partial charge < -0.3 is 9.84 Å². The van der Waals surface area contributed by atoms with Gasteiger partial charge in [-0.1, -0.05) is 35.0 Å². The van der Waals surface area contributed by atoms with Crippen molar-refractivity contribution in [2.45, 2.75) is 32.2 Å². The molecule has 102 valence electrons. The lowest BCUT2D eigenvalue weighted by atomic mass is 10.1. The Morgan fingerprint density at radius 1 is 1.37 bits per heavy atom. The van der Waals surface area contributed by atoms with Gasteiger partial charge in [0.2, 0.25) is 5.89 Å². The van der Waals surface area contributed by atoms with Gasteiger partial charge >= 0.3 is 0 Å². The highest BCUT2D eigenvalue weighted by Gasteiger charge is 2.10. The second kappa shape index (κ2) is 6.68. The number of hydrogen-bond donors (Lipinski definition) is 1. The van der Waals surface area contributed by atoms with Crippen LogP contribution < -0.4 is 5.32 Å². The number of nitrogens with zero attached hydrogens (tertiary/aromatic N) is 2. The molecule has 0 saturated carbocycles. The first kappa shape index (κ1) is 14.0. The Morgan fingerprint density at radius 3 is 2.89 bits per heavy atom. The second-order valence-electron chi connectivity index (χ2n) is 4.60. The van der Waals surface area contributed by atoms with E-state index in [-0.39, 0.29) is 0 Å². The van der Waals surface area contributed by atoms with Gasteiger partial charge in [-0.3, -0.25) is 0 Å². The van der Waals surface area contributed by atoms with E-state index < -0.39 is 0 Å². The molecule has 1 atom stereocenters. The summed E-state index contributed by atoms with van der Waals surface area (Å²) >= 11 is 6.11. The van der Waals surface area contributed by atoms with Crippen molar-refractivity contribution in [3.05, 3.63) is 46.6 Å². The summed E-state index contributed by atoms with van der Waals surface area (Å²) < 4.78 is 5.24. The highest BCUT2D eigenvalue weighted by Crippen LogP contribution is 2.17. The van der Waals surface area contributed by atoms with Gasteiger partial charge in [0.25, 0.3) is 0 Å². The molecular weight excluding hydrogens is 262 g/mol. The monoisotopic (exact) mass is 279 g/mol. The summed E-state index contributed by atoms with van der Waals surface area (Å²) in [6, 6.07) is 8.15. The summed E-state index contributed by atoms with van der Waals surface area (Å²) in [7, 11) is 1.95. The zero-order valence-electron chi connectivity index (χ0n) is 11.2. The Hall–Kier alpha value is -1.39. The molecule has 1 heterocycles. The predicted molar refractivity (Wildman–Crippen MR) is 75.4 cm³/mol. The smallest absolute Gasteiger partial charge is 0.226 e. The Bertz CT molecular complexity index is 527. The van der Waals surface area contributed by atoms with Crippen molar-refractivity contribution < 1.29 is 4.52 Å². The van der Waals surface area contributed by atoms with Crippen LogP contribution in [0.1, 0.15) is 30.6 Å². The van der Waals surface area contributed by atoms with Gasteiger partial charge in [-0.2, -0.15) is 4.98 Å². The maximum absolute atomic E-state index is 6.11. The van der Waals surface area contributed by atoms with Crippen LogP contribution in [0.15, 0.2) is 28.8 Å². The first-order chi connectivity index (χ1) is 9.19. The molecule has 2 aromatic rings. The van der Waals surface area contributed by atoms with Crippen LogP contribution in [-0.4, -0.2) is 23.2 Å². The van der Waals surface area contributed by atoms with Gasteiger partial charge in [0, 0.05) is 23.9 Å². The summed E-state index contributed by atoms with van der Waals surface area (Å²) in [5.74, 6) is 1.37. The number of aryl methyl sites for hydroxylation is 1. The Morgan fingerprint density at radius 2 is 2.16 bits per heavy atom. The summed E-state index contributed by atoms with van der Waals surface area (Å²) in [5, 5.41) is 7.91. The minimum absolute atomic E-state index is 0.443. The lowest BCUT2D eigenvalue weighted by molar-refractivity contribution is 0.365. The van der Waals surface area contributed by atoms with Crippen LogP contribution in [-0.2, 0) is 12.8 Å². The van der Waals surface area contributed by atoms with Gasteiger partial charge in [0.1, 0.15) is 0 Å². The van der Waals surface area contributed by atoms with E-state index in [0.717, 1.165) is 23.4 Å². The summed E-state index contributed by atoms with van der Waals surface area (Å²) in [4.78, 5) is 4.39. The van der Waals surface area contributed by atoms with Crippen LogP contribution >= 0.6 is 11.6 Å². The molecule has 0 saturated heterocycles. The fourth-order valence-corrected chi connectivity index (χ4v) is 1.96. The fraction of sp³-hybridized carbons (Fsp3) is 0.429. The number of halogens is 1. The third kappa shape index (κ3) is 4.04. The zero-order valence-corrected chi connectivity index (χ0v) is 11.9. The minimum atomic E-state index is 0.443. The van der Waals surface area contributed by atoms with Crippen molar-refractivity contribution in [3.8, 4) is 0 Å². The number of nitrogens with one attached hydrogen (secondary N) is 1. The van der Waals surface area contributed by atoms with Crippen LogP contribution in [0.5, 0.6) is 0 Å². The molecule has 0 radical (unpaired) electrons. The van der Waals surface area contributed by atoms with E-state index in [1.165, 1.54) is 0 Å². The minimum Gasteiger partial charge on any atom is -0.339 e. The molecule has 0 aliphatic carbocycles. The van der Waals surface area contributed by atoms with Crippen molar-refractivity contribution >= 4 is 11.6 Å². The molecular formula is C14H18ClN3O. The molecule has 0 amide bonds. The Labute approximate surface area is 118 Å². The van der Waals surface area contributed by atoms with E-state index >= 15 is 0 Å². The van der Waals surface area contributed by atoms with E-state index in [0.29, 0.717) is 24.2 Å². The van der Waals surface area contributed by atoms with Crippen molar-refractivity contribution in [2.75, 3.05) is 7.05 Å². The first-order valence-electron chi connectivity index (χ1n) is 6.41. The van der Waals surface area contributed by atoms with Crippen LogP contribution in [0.25, 0.3) is 0 Å². The molecule has 5 heteroatoms. The molecule has 1 aromatic heterocycles. The van der Waals surface area contributed by atoms with E-state index in [2.05, 4.69) is 22.4 Å². The molecule has 1 N–H and O–H groups in total. The summed E-state index contributed by atoms with van der Waals surface area (Å²) in [6.45, 7) is 2.13. The first-order valence-corrected chi connectivity index (χ1v) is 6.79. The fourth-order valence-electron chi connectivity index (χ4n) is 1.76. The van der Waals surface area contributed by atoms with E-state index in [1.807, 2.05) is 31.3 Å². The maximum Gasteiger partial charge on any atom is 0.226 e. The summed E-state index contributed by atoms with van der Waals surface area (Å²) in [6.07, 6.45) is 2.37. The van der Waals surface area contributed by atoms with Crippen LogP contribution in [0.2, 0.25) is 5.02 Å². The quantitative estimate of drug-likeness (QED) is 0.883. The molecule has 4 nitrogen and oxygen atoms in total. The lowest BCUT2D eigenvalue weighted by Crippen LogP contribution is -2.21. The van der Waals surface area contributed by atoms with Crippen molar-refractivity contribution in [2.24, 2.45) is 0 Å². The SMILES string of the molecule is CNC(C)CCc1nc(Cc2ccccc2Cl)no1. The largest absolute Gasteiger partial charge is 0.339 e. The molecule has 0 bridgehead atoms. The zero-order chi connectivity index (χ0) is 13.7. The maximum atomic E-state index is 6.11. The molecule has 0 spiro atoms. The van der Waals surface area contributed by atoms with Crippen molar-refractivity contribution in [1.29, 1.82) is 0 Å². The lowest BCUT2D eigenvalue weighted by Gasteiger charge is -2.06. The van der Waals surface area contributed by atoms with Gasteiger partial charge in [-0.25, -0.2) is 0 Å². The Kier molecular flexibility index (Phi) is 4.93. The van der Waals surface area contributed by atoms with Crippen molar-refractivity contribution in [3.63, 3.8) is 0 Å². The molecule has 2 rings (SSSR count). The second-order valence-corrected chi connectivity index (χ2v) is 5.01. The van der Waals surface area contributed by atoms with Gasteiger partial charge in [-0.15, -0.1) is 0 Å². The van der Waals surface area contributed by atoms with E-state index in [9.17, 15) is 0 Å². The van der Waals surface area contributed by atoms with Crippen molar-refractivity contribution in [1.82, 2.24) is 15.5 Å². The molecule has 0 aliphatic heterocycles. The highest BCUT2D eigenvalue weighted by molar-refractivity contribution is 6.31. The van der Waals surface area contributed by atoms with Crippen LogP contribution in [0.4, 0.5) is 0 Å². The third-order valence-electron chi connectivity index (χ3n) is 3.10. The topological polar surface area (TPSA) is 51.0 Å². The highest BCUT2D eigenvalue weighted by atomic mass is 35.5. The van der Waals surface area contributed by atoms with Crippen LogP contribution in [0, 0.1) is 0 Å². The standard InChI is InChI=1S/C14H18ClN3O/c1-10(16-2)7-8-14-17-13(18-19-14)9-11-5-3-4-6-12(11)15/h3-6,10,16H,7-9H2,1-2H3.